The van der Waals surface area contributed by atoms with Gasteiger partial charge in [-0.05, 0) is 11.6 Å². The molecule has 0 aliphatic rings. The highest BCUT2D eigenvalue weighted by molar-refractivity contribution is 7.80. The average molecular weight is 191 g/mol. The summed E-state index contributed by atoms with van der Waals surface area (Å²) in [6.07, 6.45) is 7.40. The molecule has 2 rings (SSSR count). The molecule has 0 aliphatic carbocycles. The largest absolute Gasteiger partial charge is 0.343 e. The van der Waals surface area contributed by atoms with Gasteiger partial charge < -0.3 is 4.98 Å². The van der Waals surface area contributed by atoms with Crippen molar-refractivity contribution >= 4 is 29.9 Å². The number of aromatic nitrogens is 3. The maximum absolute atomic E-state index is 4.18. The van der Waals surface area contributed by atoms with Gasteiger partial charge in [0.05, 0.1) is 11.8 Å². The number of fused-ring (bicyclic) bond motifs is 1. The molecule has 0 amide bonds. The van der Waals surface area contributed by atoms with E-state index in [-0.39, 0.29) is 0 Å². The highest BCUT2D eigenvalue weighted by Crippen LogP contribution is 2.09. The third-order valence-electron chi connectivity index (χ3n) is 1.71. The van der Waals surface area contributed by atoms with Crippen LogP contribution in [-0.4, -0.2) is 20.7 Å². The van der Waals surface area contributed by atoms with Crippen LogP contribution in [0.5, 0.6) is 0 Å². The maximum atomic E-state index is 4.18. The topological polar surface area (TPSA) is 41.6 Å². The molecule has 0 atom stereocenters. The van der Waals surface area contributed by atoms with Crippen LogP contribution in [0, 0.1) is 0 Å². The number of pyridine rings is 1. The fourth-order valence-corrected chi connectivity index (χ4v) is 1.23. The number of thiol groups is 1. The summed E-state index contributed by atoms with van der Waals surface area (Å²) in [5.74, 6) is 0.737. The summed E-state index contributed by atoms with van der Waals surface area (Å²) in [5.41, 5.74) is 2.77. The molecule has 0 saturated carbocycles. The van der Waals surface area contributed by atoms with Crippen molar-refractivity contribution in [3.8, 4) is 0 Å². The van der Waals surface area contributed by atoms with Crippen molar-refractivity contribution in [1.82, 2.24) is 15.0 Å². The highest BCUT2D eigenvalue weighted by Gasteiger charge is 1.96. The van der Waals surface area contributed by atoms with Crippen LogP contribution < -0.4 is 0 Å². The summed E-state index contributed by atoms with van der Waals surface area (Å²) in [4.78, 5) is 11.2. The van der Waals surface area contributed by atoms with Crippen LogP contribution >= 0.6 is 12.6 Å². The first-order valence-electron chi connectivity index (χ1n) is 3.96. The van der Waals surface area contributed by atoms with Crippen molar-refractivity contribution in [3.05, 3.63) is 30.2 Å². The molecule has 1 N–H and O–H groups in total. The molecule has 0 fully saturated rings. The number of hydrogen-bond donors (Lipinski definition) is 2. The fourth-order valence-electron chi connectivity index (χ4n) is 1.13. The summed E-state index contributed by atoms with van der Waals surface area (Å²) in [7, 11) is 0. The number of rotatable bonds is 2. The van der Waals surface area contributed by atoms with E-state index in [1.165, 1.54) is 0 Å². The molecule has 0 bridgehead atoms. The van der Waals surface area contributed by atoms with Gasteiger partial charge in [-0.15, -0.1) is 0 Å². The second-order valence-electron chi connectivity index (χ2n) is 2.63. The number of hydrogen-bond acceptors (Lipinski definition) is 3. The Morgan fingerprint density at radius 2 is 2.38 bits per heavy atom. The molecule has 0 aromatic carbocycles. The third kappa shape index (κ3) is 1.72. The SMILES string of the molecule is SCC=Cc1cnc2nc[nH]c2c1. The normalized spacial score (nSPS) is 11.5. The van der Waals surface area contributed by atoms with E-state index in [2.05, 4.69) is 27.6 Å². The quantitative estimate of drug-likeness (QED) is 0.712. The van der Waals surface area contributed by atoms with E-state index in [1.54, 1.807) is 12.5 Å². The summed E-state index contributed by atoms with van der Waals surface area (Å²) < 4.78 is 0. The molecular weight excluding hydrogens is 182 g/mol. The molecule has 3 nitrogen and oxygen atoms in total. The van der Waals surface area contributed by atoms with Gasteiger partial charge in [0.25, 0.3) is 0 Å². The van der Waals surface area contributed by atoms with E-state index in [0.717, 1.165) is 22.5 Å². The fraction of sp³-hybridized carbons (Fsp3) is 0.111. The van der Waals surface area contributed by atoms with E-state index in [0.29, 0.717) is 0 Å². The van der Waals surface area contributed by atoms with E-state index in [4.69, 9.17) is 0 Å². The molecular formula is C9H9N3S. The average Bonchev–Trinajstić information content (AvgIpc) is 2.61. The van der Waals surface area contributed by atoms with Gasteiger partial charge in [-0.1, -0.05) is 12.2 Å². The number of nitrogens with zero attached hydrogens (tertiary/aromatic N) is 2. The molecule has 0 unspecified atom stereocenters. The minimum Gasteiger partial charge on any atom is -0.343 e. The van der Waals surface area contributed by atoms with Gasteiger partial charge in [0, 0.05) is 11.9 Å². The van der Waals surface area contributed by atoms with Gasteiger partial charge in [0.1, 0.15) is 0 Å². The molecule has 66 valence electrons. The van der Waals surface area contributed by atoms with Crippen LogP contribution in [0.4, 0.5) is 0 Å². The summed E-state index contributed by atoms with van der Waals surface area (Å²) in [6.45, 7) is 0. The van der Waals surface area contributed by atoms with Crippen LogP contribution in [0.1, 0.15) is 5.56 Å². The zero-order valence-electron chi connectivity index (χ0n) is 6.94. The van der Waals surface area contributed by atoms with Gasteiger partial charge in [-0.25, -0.2) is 9.97 Å². The third-order valence-corrected chi connectivity index (χ3v) is 1.92. The lowest BCUT2D eigenvalue weighted by atomic mass is 10.2. The van der Waals surface area contributed by atoms with Crippen molar-refractivity contribution < 1.29 is 0 Å². The Bertz CT molecular complexity index is 433. The first-order chi connectivity index (χ1) is 6.40. The second-order valence-corrected chi connectivity index (χ2v) is 2.99. The number of imidazole rings is 1. The van der Waals surface area contributed by atoms with Crippen LogP contribution in [0.25, 0.3) is 17.2 Å². The van der Waals surface area contributed by atoms with Crippen molar-refractivity contribution in [1.29, 1.82) is 0 Å². The number of aromatic amines is 1. The van der Waals surface area contributed by atoms with Crippen molar-refractivity contribution in [2.45, 2.75) is 0 Å². The predicted octanol–water partition coefficient (Wildman–Crippen LogP) is 1.90. The van der Waals surface area contributed by atoms with Gasteiger partial charge in [0.2, 0.25) is 0 Å². The molecule has 4 heteroatoms. The van der Waals surface area contributed by atoms with Gasteiger partial charge in [0.15, 0.2) is 5.65 Å². The van der Waals surface area contributed by atoms with Crippen LogP contribution in [0.2, 0.25) is 0 Å². The summed E-state index contributed by atoms with van der Waals surface area (Å²) >= 11 is 4.08. The van der Waals surface area contributed by atoms with E-state index >= 15 is 0 Å². The van der Waals surface area contributed by atoms with Crippen LogP contribution in [-0.2, 0) is 0 Å². The lowest BCUT2D eigenvalue weighted by Gasteiger charge is -1.91. The Morgan fingerprint density at radius 1 is 1.46 bits per heavy atom. The first-order valence-corrected chi connectivity index (χ1v) is 4.60. The molecule has 2 aromatic heterocycles. The Hall–Kier alpha value is -1.29. The minimum atomic E-state index is 0.737. The van der Waals surface area contributed by atoms with Crippen LogP contribution in [0.3, 0.4) is 0 Å². The smallest absolute Gasteiger partial charge is 0.177 e. The maximum Gasteiger partial charge on any atom is 0.177 e. The zero-order chi connectivity index (χ0) is 9.10. The molecule has 0 aliphatic heterocycles. The Kier molecular flexibility index (Phi) is 2.31. The Balaban J connectivity index is 2.42. The van der Waals surface area contributed by atoms with Gasteiger partial charge >= 0.3 is 0 Å². The Labute approximate surface area is 81.3 Å². The molecule has 0 radical (unpaired) electrons. The first kappa shape index (κ1) is 8.31. The monoisotopic (exact) mass is 191 g/mol. The Morgan fingerprint density at radius 3 is 3.23 bits per heavy atom. The van der Waals surface area contributed by atoms with E-state index < -0.39 is 0 Å². The molecule has 13 heavy (non-hydrogen) atoms. The van der Waals surface area contributed by atoms with Gasteiger partial charge in [-0.3, -0.25) is 0 Å². The zero-order valence-corrected chi connectivity index (χ0v) is 7.83. The van der Waals surface area contributed by atoms with Crippen LogP contribution in [0.15, 0.2) is 24.7 Å². The minimum absolute atomic E-state index is 0.737. The number of H-pyrrole nitrogens is 1. The molecule has 0 saturated heterocycles. The summed E-state index contributed by atoms with van der Waals surface area (Å²) in [5, 5.41) is 0. The lowest BCUT2D eigenvalue weighted by Crippen LogP contribution is -1.79. The van der Waals surface area contributed by atoms with Crippen molar-refractivity contribution in [2.75, 3.05) is 5.75 Å². The van der Waals surface area contributed by atoms with Crippen molar-refractivity contribution in [3.63, 3.8) is 0 Å². The second kappa shape index (κ2) is 3.62. The van der Waals surface area contributed by atoms with E-state index in [9.17, 15) is 0 Å². The highest BCUT2D eigenvalue weighted by atomic mass is 32.1. The summed E-state index contributed by atoms with van der Waals surface area (Å²) in [6, 6.07) is 2.01. The van der Waals surface area contributed by atoms with E-state index in [1.807, 2.05) is 18.2 Å². The lowest BCUT2D eigenvalue weighted by molar-refractivity contribution is 1.30. The standard InChI is InChI=1S/C9H9N3S/c13-3-1-2-7-4-8-9(10-5-7)12-6-11-8/h1-2,4-6,13H,3H2,(H,10,11,12). The number of nitrogens with one attached hydrogen (secondary N) is 1. The molecule has 2 heterocycles. The predicted molar refractivity (Wildman–Crippen MR) is 56.8 cm³/mol. The molecule has 2 aromatic rings. The van der Waals surface area contributed by atoms with Gasteiger partial charge in [-0.2, -0.15) is 12.6 Å². The molecule has 0 spiro atoms. The van der Waals surface area contributed by atoms with Crippen molar-refractivity contribution in [2.24, 2.45) is 0 Å².